The van der Waals surface area contributed by atoms with Crippen molar-refractivity contribution in [2.75, 3.05) is 19.7 Å². The van der Waals surface area contributed by atoms with Crippen LogP contribution >= 0.6 is 0 Å². The van der Waals surface area contributed by atoms with Gasteiger partial charge in [0.2, 0.25) is 0 Å². The summed E-state index contributed by atoms with van der Waals surface area (Å²) in [5.41, 5.74) is 2.81. The van der Waals surface area contributed by atoms with Crippen LogP contribution in [-0.4, -0.2) is 33.9 Å². The highest BCUT2D eigenvalue weighted by molar-refractivity contribution is 6.83. The van der Waals surface area contributed by atoms with E-state index in [1.807, 2.05) is 0 Å². The molecule has 0 aliphatic carbocycles. The summed E-state index contributed by atoms with van der Waals surface area (Å²) in [4.78, 5) is 0. The van der Waals surface area contributed by atoms with Gasteiger partial charge in [-0.1, -0.05) is 20.0 Å². The number of ether oxygens (including phenoxy) is 1. The predicted molar refractivity (Wildman–Crippen MR) is 59.7 cm³/mol. The third-order valence-electron chi connectivity index (χ3n) is 3.21. The van der Waals surface area contributed by atoms with Gasteiger partial charge in [0, 0.05) is 13.1 Å². The average Bonchev–Trinajstić information content (AvgIpc) is 2.18. The Bertz CT molecular complexity index is 176. The molecule has 1 fully saturated rings. The Hall–Kier alpha value is -0.123. The second kappa shape index (κ2) is 4.40. The first-order valence-electron chi connectivity index (χ1n) is 5.04. The van der Waals surface area contributed by atoms with Gasteiger partial charge in [-0.25, -0.2) is 0 Å². The Morgan fingerprint density at radius 1 is 1.62 bits per heavy atom. The van der Waals surface area contributed by atoms with E-state index in [0.717, 1.165) is 19.7 Å². The molecule has 3 heteroatoms. The van der Waals surface area contributed by atoms with Crippen molar-refractivity contribution in [1.82, 2.24) is 5.32 Å². The summed E-state index contributed by atoms with van der Waals surface area (Å²) < 4.78 is 5.75. The Labute approximate surface area is 82.4 Å². The van der Waals surface area contributed by atoms with Crippen molar-refractivity contribution >= 4 is 8.07 Å². The molecule has 0 bridgehead atoms. The topological polar surface area (TPSA) is 21.3 Å². The van der Waals surface area contributed by atoms with Gasteiger partial charge in [0.15, 0.2) is 0 Å². The highest BCUT2D eigenvalue weighted by Crippen LogP contribution is 2.28. The number of morpholine rings is 1. The molecule has 1 N–H and O–H groups in total. The van der Waals surface area contributed by atoms with E-state index in [1.165, 1.54) is 0 Å². The molecule has 13 heavy (non-hydrogen) atoms. The molecule has 0 radical (unpaired) electrons. The van der Waals surface area contributed by atoms with Crippen LogP contribution in [0.25, 0.3) is 0 Å². The summed E-state index contributed by atoms with van der Waals surface area (Å²) in [5, 5.41) is 3.37. The molecule has 1 rings (SSSR count). The summed E-state index contributed by atoms with van der Waals surface area (Å²) in [7, 11) is -1.27. The number of rotatable bonds is 3. The average molecular weight is 199 g/mol. The molecular formula is C10H21NOSi. The molecule has 0 aromatic rings. The van der Waals surface area contributed by atoms with Gasteiger partial charge in [0.05, 0.1) is 20.8 Å². The number of hydrogen-bond acceptors (Lipinski definition) is 2. The molecule has 76 valence electrons. The van der Waals surface area contributed by atoms with E-state index in [9.17, 15) is 0 Å². The van der Waals surface area contributed by atoms with Crippen LogP contribution in [0.3, 0.4) is 0 Å². The van der Waals surface area contributed by atoms with Crippen molar-refractivity contribution in [1.29, 1.82) is 0 Å². The minimum Gasteiger partial charge on any atom is -0.376 e. The van der Waals surface area contributed by atoms with Crippen molar-refractivity contribution < 1.29 is 4.74 Å². The highest BCUT2D eigenvalue weighted by atomic mass is 28.3. The Balaban J connectivity index is 2.54. The standard InChI is InChI=1S/C10H21NOSi/c1-5-13(3,4)9(2)10-8-11-6-7-12-10/h5,9-11H,1,6-8H2,2-4H3. The fourth-order valence-electron chi connectivity index (χ4n) is 1.57. The first-order valence-corrected chi connectivity index (χ1v) is 8.19. The minimum absolute atomic E-state index is 0.397. The summed E-state index contributed by atoms with van der Waals surface area (Å²) in [6, 6.07) is 0. The lowest BCUT2D eigenvalue weighted by atomic mass is 10.2. The molecule has 0 spiro atoms. The largest absolute Gasteiger partial charge is 0.376 e. The third-order valence-corrected chi connectivity index (χ3v) is 6.98. The van der Waals surface area contributed by atoms with Gasteiger partial charge in [0.25, 0.3) is 0 Å². The van der Waals surface area contributed by atoms with Crippen LogP contribution in [0.2, 0.25) is 18.6 Å². The van der Waals surface area contributed by atoms with E-state index >= 15 is 0 Å². The molecule has 1 aliphatic rings. The molecule has 1 aliphatic heterocycles. The van der Waals surface area contributed by atoms with Crippen molar-refractivity contribution in [2.45, 2.75) is 31.7 Å². The van der Waals surface area contributed by atoms with Crippen LogP contribution in [-0.2, 0) is 4.74 Å². The Kier molecular flexibility index (Phi) is 3.70. The molecule has 0 saturated carbocycles. The Morgan fingerprint density at radius 3 is 2.77 bits per heavy atom. The maximum absolute atomic E-state index is 5.75. The van der Waals surface area contributed by atoms with E-state index in [-0.39, 0.29) is 0 Å². The van der Waals surface area contributed by atoms with Gasteiger partial charge < -0.3 is 10.1 Å². The summed E-state index contributed by atoms with van der Waals surface area (Å²) in [6.45, 7) is 13.8. The second-order valence-corrected chi connectivity index (χ2v) is 9.39. The summed E-state index contributed by atoms with van der Waals surface area (Å²) >= 11 is 0. The zero-order valence-electron chi connectivity index (χ0n) is 8.97. The maximum atomic E-state index is 5.75. The SMILES string of the molecule is C=C[Si](C)(C)C(C)C1CNCCO1. The Morgan fingerprint density at radius 2 is 2.31 bits per heavy atom. The van der Waals surface area contributed by atoms with Crippen LogP contribution in [0.1, 0.15) is 6.92 Å². The summed E-state index contributed by atoms with van der Waals surface area (Å²) in [6.07, 6.45) is 0.397. The first kappa shape index (κ1) is 11.0. The molecule has 0 amide bonds. The molecule has 1 saturated heterocycles. The van der Waals surface area contributed by atoms with E-state index < -0.39 is 8.07 Å². The van der Waals surface area contributed by atoms with Crippen molar-refractivity contribution in [3.63, 3.8) is 0 Å². The van der Waals surface area contributed by atoms with E-state index in [2.05, 4.69) is 37.6 Å². The minimum atomic E-state index is -1.27. The quantitative estimate of drug-likeness (QED) is 0.700. The fourth-order valence-corrected chi connectivity index (χ4v) is 3.12. The van der Waals surface area contributed by atoms with Crippen LogP contribution in [0.5, 0.6) is 0 Å². The van der Waals surface area contributed by atoms with E-state index in [0.29, 0.717) is 11.6 Å². The van der Waals surface area contributed by atoms with Gasteiger partial charge in [0.1, 0.15) is 0 Å². The lowest BCUT2D eigenvalue weighted by Crippen LogP contribution is -2.46. The third kappa shape index (κ3) is 2.66. The van der Waals surface area contributed by atoms with Gasteiger partial charge in [-0.2, -0.15) is 0 Å². The maximum Gasteiger partial charge on any atom is 0.0763 e. The van der Waals surface area contributed by atoms with Crippen LogP contribution in [0.15, 0.2) is 12.3 Å². The molecule has 0 aromatic heterocycles. The second-order valence-electron chi connectivity index (χ2n) is 4.43. The molecule has 1 heterocycles. The van der Waals surface area contributed by atoms with Crippen LogP contribution < -0.4 is 5.32 Å². The molecule has 0 aromatic carbocycles. The molecule has 2 nitrogen and oxygen atoms in total. The van der Waals surface area contributed by atoms with Crippen LogP contribution in [0, 0.1) is 0 Å². The normalized spacial score (nSPS) is 26.8. The van der Waals surface area contributed by atoms with E-state index in [4.69, 9.17) is 4.74 Å². The zero-order valence-corrected chi connectivity index (χ0v) is 9.97. The highest BCUT2D eigenvalue weighted by Gasteiger charge is 2.32. The first-order chi connectivity index (χ1) is 6.08. The monoisotopic (exact) mass is 199 g/mol. The van der Waals surface area contributed by atoms with Gasteiger partial charge in [-0.05, 0) is 5.54 Å². The van der Waals surface area contributed by atoms with Gasteiger partial charge >= 0.3 is 0 Å². The fraction of sp³-hybridized carbons (Fsp3) is 0.800. The van der Waals surface area contributed by atoms with Gasteiger partial charge in [-0.3, -0.25) is 0 Å². The van der Waals surface area contributed by atoms with Crippen molar-refractivity contribution in [2.24, 2.45) is 0 Å². The van der Waals surface area contributed by atoms with Crippen LogP contribution in [0.4, 0.5) is 0 Å². The van der Waals surface area contributed by atoms with Crippen molar-refractivity contribution in [3.8, 4) is 0 Å². The lowest BCUT2D eigenvalue weighted by molar-refractivity contribution is 0.0257. The smallest absolute Gasteiger partial charge is 0.0763 e. The lowest BCUT2D eigenvalue weighted by Gasteiger charge is -2.35. The zero-order chi connectivity index (χ0) is 9.90. The predicted octanol–water partition coefficient (Wildman–Crippen LogP) is 1.80. The number of hydrogen-bond donors (Lipinski definition) is 1. The molecule has 2 unspecified atom stereocenters. The van der Waals surface area contributed by atoms with E-state index in [1.54, 1.807) is 0 Å². The summed E-state index contributed by atoms with van der Waals surface area (Å²) in [5.74, 6) is 0. The molecule has 2 atom stereocenters. The molecular weight excluding hydrogens is 178 g/mol. The van der Waals surface area contributed by atoms with Gasteiger partial charge in [-0.15, -0.1) is 12.3 Å². The van der Waals surface area contributed by atoms with Crippen molar-refractivity contribution in [3.05, 3.63) is 12.3 Å². The number of nitrogens with one attached hydrogen (secondary N) is 1.